The molecule has 2 aromatic rings. The number of hydrogen-bond donors (Lipinski definition) is 2. The fourth-order valence-corrected chi connectivity index (χ4v) is 2.81. The second-order valence-electron chi connectivity index (χ2n) is 4.41. The Morgan fingerprint density at radius 3 is 2.67 bits per heavy atom. The van der Waals surface area contributed by atoms with Gasteiger partial charge < -0.3 is 10.3 Å². The van der Waals surface area contributed by atoms with Gasteiger partial charge in [-0.2, -0.15) is 0 Å². The molecule has 0 unspecified atom stereocenters. The molecule has 1 aliphatic heterocycles. The van der Waals surface area contributed by atoms with E-state index in [1.807, 2.05) is 0 Å². The number of aromatic nitrogens is 2. The molecule has 1 aromatic heterocycles. The van der Waals surface area contributed by atoms with E-state index < -0.39 is 17.5 Å². The fourth-order valence-electron chi connectivity index (χ4n) is 1.93. The highest BCUT2D eigenvalue weighted by Gasteiger charge is 2.29. The van der Waals surface area contributed by atoms with Crippen molar-refractivity contribution >= 4 is 29.1 Å². The van der Waals surface area contributed by atoms with Gasteiger partial charge in [0.1, 0.15) is 5.82 Å². The zero-order valence-corrected chi connectivity index (χ0v) is 11.5. The molecule has 0 bridgehead atoms. The Morgan fingerprint density at radius 2 is 1.95 bits per heavy atom. The maximum atomic E-state index is 14.0. The van der Waals surface area contributed by atoms with E-state index >= 15 is 0 Å². The smallest absolute Gasteiger partial charge is 0.296 e. The number of aryl methyl sites for hydroxylation is 1. The Labute approximate surface area is 121 Å². The second kappa shape index (κ2) is 4.81. The molecule has 2 heterocycles. The van der Waals surface area contributed by atoms with Crippen LogP contribution in [0.4, 0.5) is 10.1 Å². The minimum atomic E-state index is -0.784. The number of halogens is 1. The van der Waals surface area contributed by atoms with E-state index in [0.717, 1.165) is 17.8 Å². The number of nitrogens with zero attached hydrogens (tertiary/aromatic N) is 1. The molecule has 1 amide bonds. The first-order chi connectivity index (χ1) is 9.94. The van der Waals surface area contributed by atoms with Crippen molar-refractivity contribution in [3.05, 3.63) is 45.6 Å². The largest absolute Gasteiger partial charge is 0.318 e. The van der Waals surface area contributed by atoms with E-state index in [2.05, 4.69) is 15.3 Å². The molecule has 0 saturated carbocycles. The van der Waals surface area contributed by atoms with Crippen LogP contribution in [0.2, 0.25) is 0 Å². The van der Waals surface area contributed by atoms with Gasteiger partial charge in [0.2, 0.25) is 0 Å². The number of ketones is 1. The summed E-state index contributed by atoms with van der Waals surface area (Å²) in [5, 5.41) is 2.59. The number of amides is 1. The summed E-state index contributed by atoms with van der Waals surface area (Å²) in [6.07, 6.45) is 0. The number of aromatic amines is 1. The molecule has 8 heteroatoms. The molecule has 1 aliphatic rings. The van der Waals surface area contributed by atoms with Crippen LogP contribution >= 0.6 is 11.8 Å². The van der Waals surface area contributed by atoms with Crippen molar-refractivity contribution in [2.75, 3.05) is 5.32 Å². The Hall–Kier alpha value is -2.48. The van der Waals surface area contributed by atoms with Crippen LogP contribution < -0.4 is 10.9 Å². The van der Waals surface area contributed by atoms with Crippen molar-refractivity contribution in [3.8, 4) is 0 Å². The lowest BCUT2D eigenvalue weighted by Crippen LogP contribution is -2.12. The monoisotopic (exact) mass is 305 g/mol. The maximum absolute atomic E-state index is 14.0. The summed E-state index contributed by atoms with van der Waals surface area (Å²) in [5.41, 5.74) is 0.429. The Balaban J connectivity index is 2.01. The number of anilines is 1. The number of H-pyrrole nitrogens is 1. The molecular weight excluding hydrogens is 297 g/mol. The highest BCUT2D eigenvalue weighted by molar-refractivity contribution is 7.99. The zero-order valence-electron chi connectivity index (χ0n) is 10.7. The summed E-state index contributed by atoms with van der Waals surface area (Å²) in [5.74, 6) is -2.20. The van der Waals surface area contributed by atoms with Crippen molar-refractivity contribution < 1.29 is 14.0 Å². The fraction of sp³-hybridized carbons (Fsp3) is 0.0769. The summed E-state index contributed by atoms with van der Waals surface area (Å²) in [6, 6.07) is 3.67. The number of Topliss-reactive ketones (excluding diaryl/α,β-unsaturated/α-hetero) is 1. The summed E-state index contributed by atoms with van der Waals surface area (Å²) in [6.45, 7) is 1.65. The summed E-state index contributed by atoms with van der Waals surface area (Å²) >= 11 is 0.907. The topological polar surface area (TPSA) is 91.9 Å². The average molecular weight is 305 g/mol. The van der Waals surface area contributed by atoms with Gasteiger partial charge in [0.05, 0.1) is 16.1 Å². The third kappa shape index (κ3) is 2.45. The van der Waals surface area contributed by atoms with E-state index in [1.54, 1.807) is 6.92 Å². The molecule has 106 valence electrons. The summed E-state index contributed by atoms with van der Waals surface area (Å²) in [4.78, 5) is 40.8. The van der Waals surface area contributed by atoms with Gasteiger partial charge in [0, 0.05) is 11.8 Å². The van der Waals surface area contributed by atoms with E-state index in [-0.39, 0.29) is 26.9 Å². The van der Waals surface area contributed by atoms with Gasteiger partial charge in [0.15, 0.2) is 5.16 Å². The van der Waals surface area contributed by atoms with Crippen LogP contribution in [0.5, 0.6) is 0 Å². The number of nitrogens with one attached hydrogen (secondary N) is 2. The van der Waals surface area contributed by atoms with Crippen LogP contribution in [0.1, 0.15) is 16.1 Å². The molecular formula is C13H8FN3O3S. The highest BCUT2D eigenvalue weighted by Crippen LogP contribution is 2.33. The number of rotatable bonds is 2. The first-order valence-electron chi connectivity index (χ1n) is 5.89. The molecule has 0 atom stereocenters. The zero-order chi connectivity index (χ0) is 15.1. The first-order valence-corrected chi connectivity index (χ1v) is 6.71. The van der Waals surface area contributed by atoms with E-state index in [1.165, 1.54) is 12.1 Å². The van der Waals surface area contributed by atoms with Gasteiger partial charge >= 0.3 is 0 Å². The summed E-state index contributed by atoms with van der Waals surface area (Å²) < 4.78 is 14.0. The van der Waals surface area contributed by atoms with Crippen molar-refractivity contribution in [3.63, 3.8) is 0 Å². The standard InChI is InChI=1S/C13H8FN3O3S/c1-5-2-10(18)17-13(15-5)21-9-4-8-6(3-7(9)14)11(19)12(20)16-8/h2-4H,1H3,(H,15,17,18)(H,16,19,20). The third-order valence-corrected chi connectivity index (χ3v) is 3.75. The predicted octanol–water partition coefficient (Wildman–Crippen LogP) is 1.50. The minimum absolute atomic E-state index is 0.00699. The van der Waals surface area contributed by atoms with Crippen LogP contribution in [-0.2, 0) is 4.79 Å². The SMILES string of the molecule is Cc1cc(=O)[nH]c(Sc2cc3c(cc2F)C(=O)C(=O)N3)n1. The maximum Gasteiger partial charge on any atom is 0.296 e. The predicted molar refractivity (Wildman–Crippen MR) is 73.1 cm³/mol. The van der Waals surface area contributed by atoms with E-state index in [9.17, 15) is 18.8 Å². The Kier molecular flexibility index (Phi) is 3.09. The lowest BCUT2D eigenvalue weighted by atomic mass is 10.1. The number of fused-ring (bicyclic) bond motifs is 1. The lowest BCUT2D eigenvalue weighted by molar-refractivity contribution is -0.112. The third-order valence-electron chi connectivity index (χ3n) is 2.83. The molecule has 2 N–H and O–H groups in total. The minimum Gasteiger partial charge on any atom is -0.318 e. The molecule has 0 fully saturated rings. The summed E-state index contributed by atoms with van der Waals surface area (Å²) in [7, 11) is 0. The number of carbonyl (C=O) groups excluding carboxylic acids is 2. The van der Waals surface area contributed by atoms with Crippen LogP contribution in [0, 0.1) is 12.7 Å². The van der Waals surface area contributed by atoms with Gasteiger partial charge in [0.25, 0.3) is 17.2 Å². The number of benzene rings is 1. The van der Waals surface area contributed by atoms with E-state index in [4.69, 9.17) is 0 Å². The van der Waals surface area contributed by atoms with Crippen molar-refractivity contribution in [1.82, 2.24) is 9.97 Å². The Bertz CT molecular complexity index is 847. The molecule has 3 rings (SSSR count). The van der Waals surface area contributed by atoms with Crippen LogP contribution in [-0.4, -0.2) is 21.7 Å². The van der Waals surface area contributed by atoms with Gasteiger partial charge in [-0.25, -0.2) is 9.37 Å². The van der Waals surface area contributed by atoms with Crippen molar-refractivity contribution in [2.24, 2.45) is 0 Å². The van der Waals surface area contributed by atoms with Gasteiger partial charge in [-0.15, -0.1) is 0 Å². The van der Waals surface area contributed by atoms with Crippen molar-refractivity contribution in [1.29, 1.82) is 0 Å². The quantitative estimate of drug-likeness (QED) is 0.648. The molecule has 0 saturated heterocycles. The van der Waals surface area contributed by atoms with Gasteiger partial charge in [-0.1, -0.05) is 0 Å². The Morgan fingerprint density at radius 1 is 1.19 bits per heavy atom. The molecule has 0 spiro atoms. The van der Waals surface area contributed by atoms with Crippen LogP contribution in [0.3, 0.4) is 0 Å². The van der Waals surface area contributed by atoms with Crippen molar-refractivity contribution in [2.45, 2.75) is 17.0 Å². The van der Waals surface area contributed by atoms with Crippen LogP contribution in [0.15, 0.2) is 33.0 Å². The van der Waals surface area contributed by atoms with E-state index in [0.29, 0.717) is 5.69 Å². The van der Waals surface area contributed by atoms with Gasteiger partial charge in [-0.05, 0) is 30.8 Å². The average Bonchev–Trinajstić information content (AvgIpc) is 2.65. The molecule has 21 heavy (non-hydrogen) atoms. The molecule has 0 aliphatic carbocycles. The second-order valence-corrected chi connectivity index (χ2v) is 5.44. The lowest BCUT2D eigenvalue weighted by Gasteiger charge is -2.05. The molecule has 0 radical (unpaired) electrons. The van der Waals surface area contributed by atoms with Gasteiger partial charge in [-0.3, -0.25) is 14.4 Å². The normalized spacial score (nSPS) is 13.2. The van der Waals surface area contributed by atoms with Crippen LogP contribution in [0.25, 0.3) is 0 Å². The highest BCUT2D eigenvalue weighted by atomic mass is 32.2. The molecule has 1 aromatic carbocycles. The number of hydrogen-bond acceptors (Lipinski definition) is 5. The molecule has 6 nitrogen and oxygen atoms in total. The first kappa shape index (κ1) is 13.5. The number of carbonyl (C=O) groups is 2.